The molecule has 5 nitrogen and oxygen atoms in total. The Bertz CT molecular complexity index is 437. The van der Waals surface area contributed by atoms with Gasteiger partial charge in [-0.05, 0) is 32.8 Å². The Morgan fingerprint density at radius 2 is 2.18 bits per heavy atom. The zero-order chi connectivity index (χ0) is 12.7. The molecule has 1 heterocycles. The van der Waals surface area contributed by atoms with Gasteiger partial charge in [-0.25, -0.2) is 0 Å². The van der Waals surface area contributed by atoms with Crippen LogP contribution in [-0.4, -0.2) is 22.6 Å². The minimum absolute atomic E-state index is 0.127. The van der Waals surface area contributed by atoms with Gasteiger partial charge in [0.05, 0.1) is 23.0 Å². The molecule has 0 aliphatic heterocycles. The monoisotopic (exact) mass is 232 g/mol. The minimum atomic E-state index is -0.127. The number of amides is 1. The van der Waals surface area contributed by atoms with Gasteiger partial charge in [0.25, 0.3) is 5.91 Å². The van der Waals surface area contributed by atoms with Crippen LogP contribution in [-0.2, 0) is 0 Å². The largest absolute Gasteiger partial charge is 0.352 e. The summed E-state index contributed by atoms with van der Waals surface area (Å²) in [7, 11) is 0. The molecular weight excluding hydrogens is 216 g/mol. The average molecular weight is 232 g/mol. The molecular formula is C12H16N4O. The summed E-state index contributed by atoms with van der Waals surface area (Å²) in [5, 5.41) is 19.0. The highest BCUT2D eigenvalue weighted by Gasteiger charge is 2.09. The summed E-state index contributed by atoms with van der Waals surface area (Å²) in [5.74, 6) is -0.127. The van der Waals surface area contributed by atoms with Gasteiger partial charge in [-0.2, -0.15) is 15.5 Å². The first kappa shape index (κ1) is 13.1. The van der Waals surface area contributed by atoms with E-state index in [4.69, 9.17) is 5.26 Å². The number of rotatable bonds is 5. The lowest BCUT2D eigenvalue weighted by Crippen LogP contribution is -2.25. The van der Waals surface area contributed by atoms with Crippen LogP contribution < -0.4 is 5.32 Å². The van der Waals surface area contributed by atoms with Crippen LogP contribution in [0.25, 0.3) is 0 Å². The maximum atomic E-state index is 11.8. The zero-order valence-electron chi connectivity index (χ0n) is 10.2. The number of hydrogen-bond donors (Lipinski definition) is 1. The molecule has 0 atom stereocenters. The quantitative estimate of drug-likeness (QED) is 0.780. The lowest BCUT2D eigenvalue weighted by Gasteiger charge is -2.06. The molecule has 1 rings (SSSR count). The third kappa shape index (κ3) is 4.19. The first-order chi connectivity index (χ1) is 8.15. The van der Waals surface area contributed by atoms with Gasteiger partial charge in [0.1, 0.15) is 0 Å². The number of aryl methyl sites for hydroxylation is 2. The van der Waals surface area contributed by atoms with E-state index in [0.29, 0.717) is 24.2 Å². The summed E-state index contributed by atoms with van der Waals surface area (Å²) < 4.78 is 0. The van der Waals surface area contributed by atoms with Crippen molar-refractivity contribution >= 4 is 5.91 Å². The van der Waals surface area contributed by atoms with Gasteiger partial charge < -0.3 is 5.32 Å². The van der Waals surface area contributed by atoms with Crippen molar-refractivity contribution in [1.82, 2.24) is 15.5 Å². The Morgan fingerprint density at radius 3 is 2.88 bits per heavy atom. The van der Waals surface area contributed by atoms with Crippen molar-refractivity contribution in [3.05, 3.63) is 23.0 Å². The third-order valence-electron chi connectivity index (χ3n) is 2.35. The molecule has 0 aromatic carbocycles. The van der Waals surface area contributed by atoms with E-state index < -0.39 is 0 Å². The molecule has 0 spiro atoms. The molecule has 0 aliphatic rings. The fourth-order valence-electron chi connectivity index (χ4n) is 1.41. The van der Waals surface area contributed by atoms with Crippen molar-refractivity contribution in [1.29, 1.82) is 5.26 Å². The lowest BCUT2D eigenvalue weighted by atomic mass is 10.2. The standard InChI is InChI=1S/C12H16N4O/c1-9-8-11(10(2)16-15-9)12(17)14-7-5-3-4-6-13/h8H,3-5,7H2,1-2H3,(H,14,17). The molecule has 0 saturated carbocycles. The van der Waals surface area contributed by atoms with E-state index in [1.807, 2.05) is 0 Å². The number of carbonyl (C=O) groups is 1. The van der Waals surface area contributed by atoms with Crippen LogP contribution >= 0.6 is 0 Å². The Morgan fingerprint density at radius 1 is 1.41 bits per heavy atom. The van der Waals surface area contributed by atoms with Crippen molar-refractivity contribution in [2.75, 3.05) is 6.54 Å². The van der Waals surface area contributed by atoms with Gasteiger partial charge in [-0.15, -0.1) is 0 Å². The van der Waals surface area contributed by atoms with Gasteiger partial charge >= 0.3 is 0 Å². The number of carbonyl (C=O) groups excluding carboxylic acids is 1. The number of hydrogen-bond acceptors (Lipinski definition) is 4. The highest BCUT2D eigenvalue weighted by Crippen LogP contribution is 2.05. The molecule has 5 heteroatoms. The Labute approximate surface area is 101 Å². The first-order valence-corrected chi connectivity index (χ1v) is 5.61. The summed E-state index contributed by atoms with van der Waals surface area (Å²) >= 11 is 0. The van der Waals surface area contributed by atoms with Crippen molar-refractivity contribution in [3.63, 3.8) is 0 Å². The predicted octanol–water partition coefficient (Wildman–Crippen LogP) is 1.52. The second-order valence-electron chi connectivity index (χ2n) is 3.86. The fraction of sp³-hybridized carbons (Fsp3) is 0.500. The van der Waals surface area contributed by atoms with Crippen LogP contribution in [0.1, 0.15) is 41.0 Å². The summed E-state index contributed by atoms with van der Waals surface area (Å²) in [6.07, 6.45) is 2.16. The van der Waals surface area contributed by atoms with E-state index in [-0.39, 0.29) is 5.91 Å². The van der Waals surface area contributed by atoms with Crippen molar-refractivity contribution in [2.24, 2.45) is 0 Å². The molecule has 0 saturated heterocycles. The molecule has 0 aliphatic carbocycles. The fourth-order valence-corrected chi connectivity index (χ4v) is 1.41. The molecule has 17 heavy (non-hydrogen) atoms. The molecule has 0 bridgehead atoms. The number of nitriles is 1. The van der Waals surface area contributed by atoms with E-state index >= 15 is 0 Å². The van der Waals surface area contributed by atoms with Crippen LogP contribution in [0.15, 0.2) is 6.07 Å². The Hall–Kier alpha value is -1.96. The molecule has 1 aromatic rings. The molecule has 0 fully saturated rings. The molecule has 1 N–H and O–H groups in total. The molecule has 1 aromatic heterocycles. The number of nitrogens with zero attached hydrogens (tertiary/aromatic N) is 3. The van der Waals surface area contributed by atoms with E-state index in [2.05, 4.69) is 21.6 Å². The zero-order valence-corrected chi connectivity index (χ0v) is 10.2. The molecule has 1 amide bonds. The predicted molar refractivity (Wildman–Crippen MR) is 63.3 cm³/mol. The highest BCUT2D eigenvalue weighted by molar-refractivity contribution is 5.95. The van der Waals surface area contributed by atoms with E-state index in [1.165, 1.54) is 0 Å². The normalized spacial score (nSPS) is 9.71. The highest BCUT2D eigenvalue weighted by atomic mass is 16.1. The maximum Gasteiger partial charge on any atom is 0.253 e. The smallest absolute Gasteiger partial charge is 0.253 e. The second-order valence-corrected chi connectivity index (χ2v) is 3.86. The van der Waals surface area contributed by atoms with Crippen molar-refractivity contribution in [3.8, 4) is 6.07 Å². The number of nitrogens with one attached hydrogen (secondary N) is 1. The second kappa shape index (κ2) is 6.59. The lowest BCUT2D eigenvalue weighted by molar-refractivity contribution is 0.0951. The van der Waals surface area contributed by atoms with Gasteiger partial charge in [-0.1, -0.05) is 0 Å². The van der Waals surface area contributed by atoms with Gasteiger partial charge in [0, 0.05) is 13.0 Å². The van der Waals surface area contributed by atoms with Crippen LogP contribution in [0.4, 0.5) is 0 Å². The molecule has 90 valence electrons. The Kier molecular flexibility index (Phi) is 5.08. The van der Waals surface area contributed by atoms with E-state index in [9.17, 15) is 4.79 Å². The van der Waals surface area contributed by atoms with Crippen LogP contribution in [0.2, 0.25) is 0 Å². The van der Waals surface area contributed by atoms with Crippen molar-refractivity contribution in [2.45, 2.75) is 33.1 Å². The summed E-state index contributed by atoms with van der Waals surface area (Å²) in [4.78, 5) is 11.8. The van der Waals surface area contributed by atoms with Gasteiger partial charge in [0.15, 0.2) is 0 Å². The average Bonchev–Trinajstić information content (AvgIpc) is 2.32. The molecule has 0 radical (unpaired) electrons. The maximum absolute atomic E-state index is 11.8. The van der Waals surface area contributed by atoms with Gasteiger partial charge in [0.2, 0.25) is 0 Å². The Balaban J connectivity index is 2.47. The molecule has 0 unspecified atom stereocenters. The summed E-state index contributed by atoms with van der Waals surface area (Å²) in [6.45, 7) is 4.15. The van der Waals surface area contributed by atoms with Crippen molar-refractivity contribution < 1.29 is 4.79 Å². The van der Waals surface area contributed by atoms with Crippen LogP contribution in [0, 0.1) is 25.2 Å². The van der Waals surface area contributed by atoms with Crippen LogP contribution in [0.3, 0.4) is 0 Å². The van der Waals surface area contributed by atoms with Crippen LogP contribution in [0.5, 0.6) is 0 Å². The summed E-state index contributed by atoms with van der Waals surface area (Å²) in [5.41, 5.74) is 1.92. The third-order valence-corrected chi connectivity index (χ3v) is 2.35. The minimum Gasteiger partial charge on any atom is -0.352 e. The summed E-state index contributed by atoms with van der Waals surface area (Å²) in [6, 6.07) is 3.80. The number of unbranched alkanes of at least 4 members (excludes halogenated alkanes) is 2. The van der Waals surface area contributed by atoms with E-state index in [0.717, 1.165) is 18.5 Å². The topological polar surface area (TPSA) is 78.7 Å². The van der Waals surface area contributed by atoms with E-state index in [1.54, 1.807) is 19.9 Å². The van der Waals surface area contributed by atoms with Gasteiger partial charge in [-0.3, -0.25) is 4.79 Å². The first-order valence-electron chi connectivity index (χ1n) is 5.61. The SMILES string of the molecule is Cc1cc(C(=O)NCCCCC#N)c(C)nn1. The number of aromatic nitrogens is 2.